The predicted octanol–water partition coefficient (Wildman–Crippen LogP) is 1.50. The standard InChI is InChI=1S/C19H28N4O5/c1-12-18(13(2)28-22-12)21-19(26)20-15-7-6-14(27-16(15)11-24)10-17(25)23-8-4-3-5-9-23/h6-7,14-16,24H,3-5,8-11H2,1-2H3,(H2,20,21,26)/t14-,15+,16+/m1/s1. The van der Waals surface area contributed by atoms with Gasteiger partial charge in [0.15, 0.2) is 5.76 Å². The lowest BCUT2D eigenvalue weighted by Crippen LogP contribution is -2.50. The Kier molecular flexibility index (Phi) is 6.69. The Morgan fingerprint density at radius 3 is 2.64 bits per heavy atom. The van der Waals surface area contributed by atoms with E-state index in [9.17, 15) is 14.7 Å². The number of aromatic nitrogens is 1. The molecule has 154 valence electrons. The number of likely N-dealkylation sites (tertiary alicyclic amines) is 1. The van der Waals surface area contributed by atoms with Gasteiger partial charge in [-0.3, -0.25) is 4.79 Å². The van der Waals surface area contributed by atoms with Gasteiger partial charge in [-0.2, -0.15) is 0 Å². The number of aryl methyl sites for hydroxylation is 2. The number of ether oxygens (including phenoxy) is 1. The third kappa shape index (κ3) is 4.90. The molecule has 28 heavy (non-hydrogen) atoms. The lowest BCUT2D eigenvalue weighted by atomic mass is 10.0. The van der Waals surface area contributed by atoms with Crippen LogP contribution in [0.15, 0.2) is 16.7 Å². The molecule has 0 unspecified atom stereocenters. The normalized spacial score (nSPS) is 24.8. The predicted molar refractivity (Wildman–Crippen MR) is 102 cm³/mol. The summed E-state index contributed by atoms with van der Waals surface area (Å²) in [7, 11) is 0. The topological polar surface area (TPSA) is 117 Å². The number of nitrogens with zero attached hydrogens (tertiary/aromatic N) is 2. The summed E-state index contributed by atoms with van der Waals surface area (Å²) in [6.07, 6.45) is 6.00. The fourth-order valence-corrected chi connectivity index (χ4v) is 3.54. The highest BCUT2D eigenvalue weighted by molar-refractivity contribution is 5.90. The van der Waals surface area contributed by atoms with E-state index in [0.29, 0.717) is 17.1 Å². The molecule has 0 spiro atoms. The van der Waals surface area contributed by atoms with Crippen molar-refractivity contribution in [2.24, 2.45) is 0 Å². The van der Waals surface area contributed by atoms with E-state index in [-0.39, 0.29) is 18.9 Å². The Balaban J connectivity index is 1.55. The zero-order chi connectivity index (χ0) is 20.1. The van der Waals surface area contributed by atoms with E-state index in [4.69, 9.17) is 9.26 Å². The quantitative estimate of drug-likeness (QED) is 0.654. The van der Waals surface area contributed by atoms with Gasteiger partial charge in [-0.1, -0.05) is 17.3 Å². The van der Waals surface area contributed by atoms with Crippen LogP contribution in [0.5, 0.6) is 0 Å². The number of urea groups is 1. The Labute approximate surface area is 164 Å². The minimum absolute atomic E-state index is 0.0635. The summed E-state index contributed by atoms with van der Waals surface area (Å²) in [6.45, 7) is 4.76. The average Bonchev–Trinajstić information content (AvgIpc) is 3.01. The monoisotopic (exact) mass is 392 g/mol. The van der Waals surface area contributed by atoms with Gasteiger partial charge < -0.3 is 29.9 Å². The second kappa shape index (κ2) is 9.20. The highest BCUT2D eigenvalue weighted by atomic mass is 16.5. The van der Waals surface area contributed by atoms with Crippen LogP contribution >= 0.6 is 0 Å². The summed E-state index contributed by atoms with van der Waals surface area (Å²) in [6, 6.07) is -0.958. The second-order valence-corrected chi connectivity index (χ2v) is 7.25. The highest BCUT2D eigenvalue weighted by Gasteiger charge is 2.30. The molecule has 0 radical (unpaired) electrons. The first-order valence-corrected chi connectivity index (χ1v) is 9.70. The number of anilines is 1. The van der Waals surface area contributed by atoms with Gasteiger partial charge in [0.25, 0.3) is 0 Å². The molecule has 3 amide bonds. The van der Waals surface area contributed by atoms with E-state index in [1.807, 2.05) is 4.90 Å². The van der Waals surface area contributed by atoms with Crippen LogP contribution < -0.4 is 10.6 Å². The van der Waals surface area contributed by atoms with E-state index in [1.54, 1.807) is 26.0 Å². The minimum Gasteiger partial charge on any atom is -0.394 e. The lowest BCUT2D eigenvalue weighted by Gasteiger charge is -2.33. The second-order valence-electron chi connectivity index (χ2n) is 7.25. The first kappa shape index (κ1) is 20.3. The van der Waals surface area contributed by atoms with Crippen LogP contribution in [0.1, 0.15) is 37.1 Å². The first-order chi connectivity index (χ1) is 13.5. The maximum Gasteiger partial charge on any atom is 0.319 e. The van der Waals surface area contributed by atoms with E-state index in [1.165, 1.54) is 6.42 Å². The van der Waals surface area contributed by atoms with Crippen LogP contribution in [-0.4, -0.2) is 65.0 Å². The number of aliphatic hydroxyl groups excluding tert-OH is 1. The van der Waals surface area contributed by atoms with Gasteiger partial charge in [0, 0.05) is 13.1 Å². The van der Waals surface area contributed by atoms with Gasteiger partial charge in [0.2, 0.25) is 5.91 Å². The third-order valence-electron chi connectivity index (χ3n) is 5.12. The summed E-state index contributed by atoms with van der Waals surface area (Å²) in [5, 5.41) is 18.9. The molecule has 0 aliphatic carbocycles. The van der Waals surface area contributed by atoms with Crippen LogP contribution in [0.2, 0.25) is 0 Å². The smallest absolute Gasteiger partial charge is 0.319 e. The molecule has 2 aliphatic rings. The van der Waals surface area contributed by atoms with Crippen LogP contribution in [0.3, 0.4) is 0 Å². The Morgan fingerprint density at radius 2 is 2.00 bits per heavy atom. The van der Waals surface area contributed by atoms with E-state index >= 15 is 0 Å². The number of piperidine rings is 1. The van der Waals surface area contributed by atoms with Crippen molar-refractivity contribution >= 4 is 17.6 Å². The Morgan fingerprint density at radius 1 is 1.25 bits per heavy atom. The van der Waals surface area contributed by atoms with Crippen LogP contribution in [-0.2, 0) is 9.53 Å². The zero-order valence-electron chi connectivity index (χ0n) is 16.3. The molecule has 1 aromatic rings. The van der Waals surface area contributed by atoms with Gasteiger partial charge >= 0.3 is 6.03 Å². The number of amides is 3. The molecule has 9 heteroatoms. The van der Waals surface area contributed by atoms with Crippen molar-refractivity contribution in [2.75, 3.05) is 25.0 Å². The van der Waals surface area contributed by atoms with Gasteiger partial charge in [0.05, 0.1) is 25.2 Å². The van der Waals surface area contributed by atoms with Gasteiger partial charge in [-0.25, -0.2) is 4.79 Å². The maximum absolute atomic E-state index is 12.4. The zero-order valence-corrected chi connectivity index (χ0v) is 16.3. The number of hydrogen-bond acceptors (Lipinski definition) is 6. The average molecular weight is 392 g/mol. The van der Waals surface area contributed by atoms with Crippen molar-refractivity contribution in [3.05, 3.63) is 23.6 Å². The largest absolute Gasteiger partial charge is 0.394 e. The summed E-state index contributed by atoms with van der Waals surface area (Å²) in [4.78, 5) is 26.6. The number of hydrogen-bond donors (Lipinski definition) is 3. The summed E-state index contributed by atoms with van der Waals surface area (Å²) in [5.74, 6) is 0.576. The van der Waals surface area contributed by atoms with Crippen LogP contribution in [0, 0.1) is 13.8 Å². The number of aliphatic hydroxyl groups is 1. The Hall–Kier alpha value is -2.39. The van der Waals surface area contributed by atoms with E-state index < -0.39 is 24.3 Å². The van der Waals surface area contributed by atoms with E-state index in [0.717, 1.165) is 25.9 Å². The van der Waals surface area contributed by atoms with Gasteiger partial charge in [-0.05, 0) is 33.1 Å². The molecule has 3 N–H and O–H groups in total. The van der Waals surface area contributed by atoms with Crippen LogP contribution in [0.25, 0.3) is 0 Å². The van der Waals surface area contributed by atoms with E-state index in [2.05, 4.69) is 15.8 Å². The Bertz CT molecular complexity index is 706. The molecule has 3 rings (SSSR count). The number of carbonyl (C=O) groups is 2. The van der Waals surface area contributed by atoms with Gasteiger partial charge in [-0.15, -0.1) is 0 Å². The van der Waals surface area contributed by atoms with Gasteiger partial charge in [0.1, 0.15) is 17.5 Å². The molecule has 9 nitrogen and oxygen atoms in total. The highest BCUT2D eigenvalue weighted by Crippen LogP contribution is 2.20. The first-order valence-electron chi connectivity index (χ1n) is 9.70. The third-order valence-corrected chi connectivity index (χ3v) is 5.12. The molecule has 1 aromatic heterocycles. The van der Waals surface area contributed by atoms with Crippen LogP contribution in [0.4, 0.5) is 10.5 Å². The molecular weight excluding hydrogens is 364 g/mol. The summed E-state index contributed by atoms with van der Waals surface area (Å²) >= 11 is 0. The molecule has 0 aromatic carbocycles. The molecule has 3 atom stereocenters. The molecule has 1 saturated heterocycles. The molecule has 2 aliphatic heterocycles. The van der Waals surface area contributed by atoms with Crippen molar-refractivity contribution in [3.63, 3.8) is 0 Å². The molecular formula is C19H28N4O5. The molecule has 0 saturated carbocycles. The lowest BCUT2D eigenvalue weighted by molar-refractivity contribution is -0.136. The summed E-state index contributed by atoms with van der Waals surface area (Å²) in [5.41, 5.74) is 1.10. The maximum atomic E-state index is 12.4. The van der Waals surface area contributed by atoms with Crippen molar-refractivity contribution in [1.82, 2.24) is 15.4 Å². The minimum atomic E-state index is -0.625. The number of rotatable bonds is 5. The number of nitrogens with one attached hydrogen (secondary N) is 2. The molecule has 0 bridgehead atoms. The van der Waals surface area contributed by atoms with Crippen molar-refractivity contribution in [2.45, 2.75) is 57.8 Å². The fourth-order valence-electron chi connectivity index (χ4n) is 3.54. The molecule has 3 heterocycles. The SMILES string of the molecule is Cc1noc(C)c1NC(=O)N[C@H]1C=C[C@H](CC(=O)N2CCCCC2)O[C@H]1CO. The van der Waals surface area contributed by atoms with Crippen molar-refractivity contribution in [3.8, 4) is 0 Å². The van der Waals surface area contributed by atoms with Crippen molar-refractivity contribution < 1.29 is 24.0 Å². The van der Waals surface area contributed by atoms with Crippen molar-refractivity contribution in [1.29, 1.82) is 0 Å². The fraction of sp³-hybridized carbons (Fsp3) is 0.632. The summed E-state index contributed by atoms with van der Waals surface area (Å²) < 4.78 is 10.9. The number of carbonyl (C=O) groups excluding carboxylic acids is 2. The molecule has 1 fully saturated rings.